The van der Waals surface area contributed by atoms with Crippen LogP contribution in [0.25, 0.3) is 0 Å². The third-order valence-electron chi connectivity index (χ3n) is 15.1. The molecule has 0 radical (unpaired) electrons. The van der Waals surface area contributed by atoms with Gasteiger partial charge in [-0.3, -0.25) is 0 Å². The van der Waals surface area contributed by atoms with Crippen LogP contribution in [0.3, 0.4) is 0 Å². The quantitative estimate of drug-likeness (QED) is 0.0363. The van der Waals surface area contributed by atoms with E-state index in [1.165, 1.54) is 10.6 Å². The molecule has 486 valence electrons. The zero-order valence-electron chi connectivity index (χ0n) is 56.0. The van der Waals surface area contributed by atoms with Crippen LogP contribution in [0.2, 0.25) is 0 Å². The van der Waals surface area contributed by atoms with Crippen molar-refractivity contribution in [2.45, 2.75) is 39.3 Å². The van der Waals surface area contributed by atoms with Crippen LogP contribution in [0, 0.1) is 10.8 Å². The van der Waals surface area contributed by atoms with E-state index in [9.17, 15) is 4.57 Å². The van der Waals surface area contributed by atoms with Crippen molar-refractivity contribution in [2.24, 2.45) is 10.8 Å². The molecule has 92 heavy (non-hydrogen) atoms. The van der Waals surface area contributed by atoms with E-state index in [0.29, 0.717) is 43.9 Å². The summed E-state index contributed by atoms with van der Waals surface area (Å²) in [5.74, 6) is 5.52. The Kier molecular flexibility index (Phi) is 31.2. The van der Waals surface area contributed by atoms with Crippen molar-refractivity contribution in [2.75, 3.05) is 106 Å². The Morgan fingerprint density at radius 3 is 0.902 bits per heavy atom. The Morgan fingerprint density at radius 2 is 0.620 bits per heavy atom. The molecule has 0 amide bonds. The van der Waals surface area contributed by atoms with Crippen LogP contribution in [0.15, 0.2) is 194 Å². The van der Waals surface area contributed by atoms with Crippen LogP contribution in [-0.2, 0) is 23.5 Å². The Morgan fingerprint density at radius 1 is 0.380 bits per heavy atom. The predicted octanol–water partition coefficient (Wildman–Crippen LogP) is 10.5. The molecular weight excluding hydrogens is 1380 g/mol. The van der Waals surface area contributed by atoms with Gasteiger partial charge in [0.15, 0.2) is 23.1 Å². The summed E-state index contributed by atoms with van der Waals surface area (Å²) < 4.78 is 81.8. The molecule has 2 aliphatic heterocycles. The van der Waals surface area contributed by atoms with Crippen LogP contribution in [0.1, 0.15) is 29.1 Å². The van der Waals surface area contributed by atoms with Crippen molar-refractivity contribution in [1.82, 2.24) is 0 Å². The van der Waals surface area contributed by atoms with Crippen molar-refractivity contribution in [3.63, 3.8) is 0 Å². The van der Waals surface area contributed by atoms with Gasteiger partial charge in [0.05, 0.1) is 83.3 Å². The van der Waals surface area contributed by atoms with E-state index < -0.39 is 35.2 Å². The molecule has 0 atom stereocenters. The molecule has 0 aliphatic carbocycles. The molecule has 8 aromatic carbocycles. The number of halogens is 2. The molecule has 13 nitrogen and oxygen atoms in total. The van der Waals surface area contributed by atoms with Crippen LogP contribution in [0.5, 0.6) is 46.0 Å². The van der Waals surface area contributed by atoms with Crippen LogP contribution in [0.4, 0.5) is 0 Å². The smallest absolute Gasteiger partial charge is 1.00 e. The molecule has 2 saturated heterocycles. The van der Waals surface area contributed by atoms with Gasteiger partial charge in [-0.1, -0.05) is 178 Å². The van der Waals surface area contributed by atoms with E-state index in [-0.39, 0.29) is 41.8 Å². The molecule has 2 fully saturated rings. The molecule has 0 bridgehead atoms. The molecule has 2 heterocycles. The Hall–Kier alpha value is -4.65. The van der Waals surface area contributed by atoms with E-state index >= 15 is 0 Å². The average molecular weight is 1470 g/mol. The minimum atomic E-state index is -1.72. The molecule has 20 heteroatoms. The maximum absolute atomic E-state index is 12.6. The summed E-state index contributed by atoms with van der Waals surface area (Å²) in [6.07, 6.45) is 1.62. The number of alkyl halides is 2. The van der Waals surface area contributed by atoms with Crippen molar-refractivity contribution < 1.29 is 92.4 Å². The largest absolute Gasteiger partial charge is 1.00 e. The minimum Gasteiger partial charge on any atom is -1.00 e. The molecule has 0 spiro atoms. The molecule has 0 saturated carbocycles. The monoisotopic (exact) mass is 1460 g/mol. The molecule has 10 rings (SSSR count). The third-order valence-corrected chi connectivity index (χ3v) is 26.2. The fraction of sp³-hybridized carbons (Fsp3) is 0.333. The van der Waals surface area contributed by atoms with Gasteiger partial charge in [0.25, 0.3) is 0 Å². The first-order valence-corrected chi connectivity index (χ1v) is 37.1. The standard InChI is InChI=1S/C36H42O6P2.C14H14O3P.C14H15O2P.C8H14Br2O2.Na.H/c1-35(2)41-23-36(24-42-35,25-43(31-19-11-7-15-27(31)37-3)32-20-12-8-16-28(32)38-4)26-44(33-21-13-9-17-29(33)39-5)34-22-14-10-18-30(34)40-6;1-16-11-7-3-5-9-13(11)18(15)14-10-6-4-8-12(14)17-2;1-15-11-7-3-5-9-13(11)17-14-10-6-4-8-12(14)16-2;1-7(2)11-5-8(3-9,4-10)6-12-7;;/h7-22H,23-26H2,1-6H3;3-10H,1-2H3;3-10,17H,1-2H3;3-6H2,1-2H3;;/q;+1;;;+1;-1. The zero-order valence-corrected chi connectivity index (χ0v) is 63.9. The molecular formula is C72H86Br2NaO13P4+. The maximum Gasteiger partial charge on any atom is 1.00 e. The summed E-state index contributed by atoms with van der Waals surface area (Å²) in [4.78, 5) is 0. The third kappa shape index (κ3) is 20.7. The van der Waals surface area contributed by atoms with Crippen LogP contribution < -0.4 is 110 Å². The number of benzene rings is 8. The van der Waals surface area contributed by atoms with E-state index in [1.807, 2.05) is 149 Å². The Labute approximate surface area is 590 Å². The normalized spacial score (nSPS) is 14.8. The van der Waals surface area contributed by atoms with Gasteiger partial charge < -0.3 is 58.3 Å². The summed E-state index contributed by atoms with van der Waals surface area (Å²) in [7, 11) is 10.4. The summed E-state index contributed by atoms with van der Waals surface area (Å²) in [5.41, 5.74) is -0.244. The first-order chi connectivity index (χ1) is 44.0. The van der Waals surface area contributed by atoms with Gasteiger partial charge in [0.2, 0.25) is 10.6 Å². The molecule has 0 unspecified atom stereocenters. The van der Waals surface area contributed by atoms with Gasteiger partial charge in [0.1, 0.15) is 34.5 Å². The second kappa shape index (κ2) is 37.6. The summed E-state index contributed by atoms with van der Waals surface area (Å²) in [5, 5.41) is 10.2. The first-order valence-electron chi connectivity index (χ1n) is 29.5. The molecule has 0 aromatic heterocycles. The fourth-order valence-corrected chi connectivity index (χ4v) is 20.3. The number of ether oxygens (including phenoxy) is 12. The van der Waals surface area contributed by atoms with Crippen molar-refractivity contribution in [3.05, 3.63) is 194 Å². The molecule has 8 aromatic rings. The van der Waals surface area contributed by atoms with Crippen molar-refractivity contribution in [1.29, 1.82) is 0 Å². The van der Waals surface area contributed by atoms with Gasteiger partial charge in [-0.05, 0) is 117 Å². The van der Waals surface area contributed by atoms with Gasteiger partial charge in [0, 0.05) is 53.3 Å². The Balaban J connectivity index is 0.000000262. The number of hydrogen-bond donors (Lipinski definition) is 0. The zero-order chi connectivity index (χ0) is 65.4. The second-order valence-electron chi connectivity index (χ2n) is 22.2. The first kappa shape index (κ1) is 76.4. The topological polar surface area (TPSA) is 128 Å². The van der Waals surface area contributed by atoms with Crippen LogP contribution >= 0.6 is 64.1 Å². The SMILES string of the molecule is CC1(C)OCC(CBr)(CBr)CO1.COc1ccccc1P(CC1(CP(c2ccccc2OC)c2ccccc2OC)COC(C)(C)OC1)c1ccccc1OC.COc1ccccc1Pc1ccccc1OC.COc1ccccc1[P+](=O)c1ccccc1OC.[H-].[Na+]. The van der Waals surface area contributed by atoms with Gasteiger partial charge in [-0.2, -0.15) is 0 Å². The summed E-state index contributed by atoms with van der Waals surface area (Å²) >= 11 is 6.95. The number of hydrogen-bond acceptors (Lipinski definition) is 13. The van der Waals surface area contributed by atoms with E-state index in [0.717, 1.165) is 91.9 Å². The van der Waals surface area contributed by atoms with Crippen molar-refractivity contribution in [3.8, 4) is 46.0 Å². The summed E-state index contributed by atoms with van der Waals surface area (Å²) in [6.45, 7) is 10.5. The molecule has 2 aliphatic rings. The van der Waals surface area contributed by atoms with E-state index in [4.69, 9.17) is 56.8 Å². The van der Waals surface area contributed by atoms with Gasteiger partial charge >= 0.3 is 37.4 Å². The van der Waals surface area contributed by atoms with Gasteiger partial charge in [-0.25, -0.2) is 0 Å². The Bertz CT molecular complexity index is 3270. The van der Waals surface area contributed by atoms with E-state index in [2.05, 4.69) is 92.5 Å². The second-order valence-corrected chi connectivity index (χ2v) is 30.5. The van der Waals surface area contributed by atoms with E-state index in [1.54, 1.807) is 69.0 Å². The van der Waals surface area contributed by atoms with Crippen molar-refractivity contribution >= 4 is 107 Å². The average Bonchev–Trinajstić information content (AvgIpc) is 0.807. The number of methoxy groups -OCH3 is 8. The van der Waals surface area contributed by atoms with Crippen LogP contribution in [-0.4, -0.2) is 118 Å². The fourth-order valence-electron chi connectivity index (χ4n) is 9.94. The minimum absolute atomic E-state index is 0. The summed E-state index contributed by atoms with van der Waals surface area (Å²) in [6, 6.07) is 64.1. The number of rotatable bonds is 22. The number of para-hydroxylation sites is 8. The predicted molar refractivity (Wildman–Crippen MR) is 386 cm³/mol. The molecule has 0 N–H and O–H groups in total. The van der Waals surface area contributed by atoms with Gasteiger partial charge in [-0.15, -0.1) is 0 Å². The maximum atomic E-state index is 12.6.